The summed E-state index contributed by atoms with van der Waals surface area (Å²) in [6.07, 6.45) is 0. The molecule has 3 aromatic rings. The van der Waals surface area contributed by atoms with E-state index in [1.807, 2.05) is 59.5 Å². The number of fused-ring (bicyclic) bond motifs is 1. The molecule has 0 atom stereocenters. The van der Waals surface area contributed by atoms with Gasteiger partial charge in [-0.05, 0) is 18.2 Å². The number of nitrogens with one attached hydrogen (secondary N) is 2. The second kappa shape index (κ2) is 9.00. The van der Waals surface area contributed by atoms with Gasteiger partial charge in [0.25, 0.3) is 5.91 Å². The minimum absolute atomic E-state index is 0.00599. The van der Waals surface area contributed by atoms with E-state index in [0.29, 0.717) is 45.0 Å². The topological polar surface area (TPSA) is 77.7 Å². The number of ether oxygens (including phenoxy) is 1. The van der Waals surface area contributed by atoms with Gasteiger partial charge in [0.1, 0.15) is 11.4 Å². The van der Waals surface area contributed by atoms with Crippen LogP contribution in [0.3, 0.4) is 0 Å². The van der Waals surface area contributed by atoms with E-state index in [4.69, 9.17) is 4.74 Å². The Labute approximate surface area is 175 Å². The fraction of sp³-hybridized carbons (Fsp3) is 0.304. The third-order valence-electron chi connectivity index (χ3n) is 5.46. The van der Waals surface area contributed by atoms with Gasteiger partial charge in [-0.3, -0.25) is 14.5 Å². The van der Waals surface area contributed by atoms with Gasteiger partial charge in [-0.2, -0.15) is 0 Å². The van der Waals surface area contributed by atoms with Gasteiger partial charge in [0.15, 0.2) is 0 Å². The predicted octanol–water partition coefficient (Wildman–Crippen LogP) is 2.25. The zero-order valence-electron chi connectivity index (χ0n) is 17.1. The van der Waals surface area contributed by atoms with Crippen LogP contribution in [0.2, 0.25) is 0 Å². The van der Waals surface area contributed by atoms with Gasteiger partial charge in [-0.25, -0.2) is 0 Å². The maximum absolute atomic E-state index is 12.8. The monoisotopic (exact) mass is 406 g/mol. The summed E-state index contributed by atoms with van der Waals surface area (Å²) in [5, 5.41) is 3.98. The van der Waals surface area contributed by atoms with Crippen LogP contribution in [0.15, 0.2) is 54.6 Å². The second-order valence-electron chi connectivity index (χ2n) is 7.43. The fourth-order valence-electron chi connectivity index (χ4n) is 3.77. The van der Waals surface area contributed by atoms with E-state index in [1.54, 1.807) is 7.11 Å². The number of methoxy groups -OCH3 is 1. The SMILES string of the molecule is COc1ccccc1CNC(=O)CN1CCN(C(=O)c2cc3ccccc3[nH]2)CC1. The van der Waals surface area contributed by atoms with Crippen molar-refractivity contribution < 1.29 is 14.3 Å². The summed E-state index contributed by atoms with van der Waals surface area (Å²) < 4.78 is 5.32. The lowest BCUT2D eigenvalue weighted by molar-refractivity contribution is -0.122. The normalized spacial score (nSPS) is 14.6. The summed E-state index contributed by atoms with van der Waals surface area (Å²) in [5.74, 6) is 0.740. The summed E-state index contributed by atoms with van der Waals surface area (Å²) in [4.78, 5) is 32.3. The molecule has 1 aromatic heterocycles. The maximum atomic E-state index is 12.8. The van der Waals surface area contributed by atoms with Crippen LogP contribution in [0, 0.1) is 0 Å². The Morgan fingerprint density at radius 3 is 2.53 bits per heavy atom. The molecule has 7 heteroatoms. The summed E-state index contributed by atoms with van der Waals surface area (Å²) in [7, 11) is 1.62. The quantitative estimate of drug-likeness (QED) is 0.658. The minimum atomic E-state index is -0.0312. The predicted molar refractivity (Wildman–Crippen MR) is 115 cm³/mol. The van der Waals surface area contributed by atoms with Crippen molar-refractivity contribution in [3.63, 3.8) is 0 Å². The van der Waals surface area contributed by atoms with Gasteiger partial charge in [-0.1, -0.05) is 36.4 Å². The minimum Gasteiger partial charge on any atom is -0.496 e. The van der Waals surface area contributed by atoms with Gasteiger partial charge in [0.2, 0.25) is 5.91 Å². The van der Waals surface area contributed by atoms with Crippen LogP contribution in [0.25, 0.3) is 10.9 Å². The molecule has 156 valence electrons. The van der Waals surface area contributed by atoms with Gasteiger partial charge in [0.05, 0.1) is 13.7 Å². The van der Waals surface area contributed by atoms with Crippen molar-refractivity contribution in [2.24, 2.45) is 0 Å². The van der Waals surface area contributed by atoms with Crippen LogP contribution in [-0.4, -0.2) is 66.4 Å². The molecule has 2 heterocycles. The average Bonchev–Trinajstić information content (AvgIpc) is 3.22. The molecule has 0 aliphatic carbocycles. The zero-order chi connectivity index (χ0) is 20.9. The molecule has 1 aliphatic rings. The molecule has 0 unspecified atom stereocenters. The number of carbonyl (C=O) groups is 2. The molecule has 0 saturated carbocycles. The third kappa shape index (κ3) is 4.46. The molecule has 0 radical (unpaired) electrons. The molecule has 2 amide bonds. The number of benzene rings is 2. The van der Waals surface area contributed by atoms with Crippen LogP contribution in [0.4, 0.5) is 0 Å². The van der Waals surface area contributed by atoms with E-state index in [9.17, 15) is 9.59 Å². The largest absolute Gasteiger partial charge is 0.496 e. The van der Waals surface area contributed by atoms with Gasteiger partial charge >= 0.3 is 0 Å². The lowest BCUT2D eigenvalue weighted by Gasteiger charge is -2.34. The standard InChI is InChI=1S/C23H26N4O3/c1-30-21-9-5-3-7-18(21)15-24-22(28)16-26-10-12-27(13-11-26)23(29)20-14-17-6-2-4-8-19(17)25-20/h2-9,14,25H,10-13,15-16H2,1H3,(H,24,28). The van der Waals surface area contributed by atoms with E-state index in [2.05, 4.69) is 15.2 Å². The van der Waals surface area contributed by atoms with Crippen molar-refractivity contribution in [3.05, 3.63) is 65.9 Å². The number of H-pyrrole nitrogens is 1. The number of rotatable bonds is 6. The molecule has 1 saturated heterocycles. The number of piperazine rings is 1. The van der Waals surface area contributed by atoms with Crippen molar-refractivity contribution in [2.45, 2.75) is 6.54 Å². The molecular formula is C23H26N4O3. The van der Waals surface area contributed by atoms with E-state index >= 15 is 0 Å². The molecule has 2 N–H and O–H groups in total. The molecule has 2 aromatic carbocycles. The number of hydrogen-bond acceptors (Lipinski definition) is 4. The van der Waals surface area contributed by atoms with Crippen LogP contribution in [0.1, 0.15) is 16.1 Å². The van der Waals surface area contributed by atoms with Crippen LogP contribution in [0.5, 0.6) is 5.75 Å². The Balaban J connectivity index is 1.26. The van der Waals surface area contributed by atoms with Crippen molar-refractivity contribution in [2.75, 3.05) is 39.8 Å². The third-order valence-corrected chi connectivity index (χ3v) is 5.46. The average molecular weight is 406 g/mol. The highest BCUT2D eigenvalue weighted by molar-refractivity contribution is 5.98. The number of hydrogen-bond donors (Lipinski definition) is 2. The number of nitrogens with zero attached hydrogens (tertiary/aromatic N) is 2. The summed E-state index contributed by atoms with van der Waals surface area (Å²) >= 11 is 0. The van der Waals surface area contributed by atoms with Crippen LogP contribution < -0.4 is 10.1 Å². The lowest BCUT2D eigenvalue weighted by atomic mass is 10.2. The Morgan fingerprint density at radius 1 is 1.03 bits per heavy atom. The molecule has 4 rings (SSSR count). The number of aromatic amines is 1. The maximum Gasteiger partial charge on any atom is 0.270 e. The Bertz CT molecular complexity index is 1000. The van der Waals surface area contributed by atoms with Crippen molar-refractivity contribution in [1.82, 2.24) is 20.1 Å². The second-order valence-corrected chi connectivity index (χ2v) is 7.43. The number of para-hydroxylation sites is 2. The highest BCUT2D eigenvalue weighted by Gasteiger charge is 2.24. The molecular weight excluding hydrogens is 380 g/mol. The van der Waals surface area contributed by atoms with E-state index in [0.717, 1.165) is 22.2 Å². The molecule has 0 bridgehead atoms. The van der Waals surface area contributed by atoms with E-state index < -0.39 is 0 Å². The number of aromatic nitrogens is 1. The van der Waals surface area contributed by atoms with Crippen LogP contribution >= 0.6 is 0 Å². The Kier molecular flexibility index (Phi) is 5.99. The lowest BCUT2D eigenvalue weighted by Crippen LogP contribution is -2.51. The van der Waals surface area contributed by atoms with Crippen molar-refractivity contribution >= 4 is 22.7 Å². The van der Waals surface area contributed by atoms with E-state index in [-0.39, 0.29) is 11.8 Å². The number of carbonyl (C=O) groups excluding carboxylic acids is 2. The Morgan fingerprint density at radius 2 is 1.77 bits per heavy atom. The fourth-order valence-corrected chi connectivity index (χ4v) is 3.77. The summed E-state index contributed by atoms with van der Waals surface area (Å²) in [6, 6.07) is 17.4. The van der Waals surface area contributed by atoms with Crippen molar-refractivity contribution in [3.8, 4) is 5.75 Å². The first-order valence-electron chi connectivity index (χ1n) is 10.1. The van der Waals surface area contributed by atoms with Crippen molar-refractivity contribution in [1.29, 1.82) is 0 Å². The molecule has 1 fully saturated rings. The van der Waals surface area contributed by atoms with Gasteiger partial charge < -0.3 is 19.9 Å². The molecule has 1 aliphatic heterocycles. The van der Waals surface area contributed by atoms with E-state index in [1.165, 1.54) is 0 Å². The first-order valence-corrected chi connectivity index (χ1v) is 10.1. The number of amides is 2. The summed E-state index contributed by atoms with van der Waals surface area (Å²) in [5.41, 5.74) is 2.52. The first kappa shape index (κ1) is 20.0. The molecule has 30 heavy (non-hydrogen) atoms. The molecule has 0 spiro atoms. The molecule has 7 nitrogen and oxygen atoms in total. The van der Waals surface area contributed by atoms with Gasteiger partial charge in [0, 0.05) is 49.2 Å². The highest BCUT2D eigenvalue weighted by atomic mass is 16.5. The zero-order valence-corrected chi connectivity index (χ0v) is 17.1. The van der Waals surface area contributed by atoms with Crippen LogP contribution in [-0.2, 0) is 11.3 Å². The highest BCUT2D eigenvalue weighted by Crippen LogP contribution is 2.18. The Hall–Kier alpha value is -3.32. The first-order chi connectivity index (χ1) is 14.6. The summed E-state index contributed by atoms with van der Waals surface area (Å²) in [6.45, 7) is 3.31. The van der Waals surface area contributed by atoms with Gasteiger partial charge in [-0.15, -0.1) is 0 Å². The smallest absolute Gasteiger partial charge is 0.270 e.